The molecule has 1 heterocycles. The lowest BCUT2D eigenvalue weighted by molar-refractivity contribution is 0.0521. The number of halogens is 2. The smallest absolute Gasteiger partial charge is 0.360 e. The summed E-state index contributed by atoms with van der Waals surface area (Å²) in [7, 11) is 0. The van der Waals surface area contributed by atoms with E-state index in [1.807, 2.05) is 13.0 Å². The largest absolute Gasteiger partial charge is 0.461 e. The van der Waals surface area contributed by atoms with Crippen molar-refractivity contribution in [3.05, 3.63) is 39.3 Å². The molecule has 1 aromatic heterocycles. The van der Waals surface area contributed by atoms with Crippen molar-refractivity contribution in [3.8, 4) is 5.69 Å². The van der Waals surface area contributed by atoms with Crippen LogP contribution in [0.5, 0.6) is 0 Å². The van der Waals surface area contributed by atoms with E-state index in [9.17, 15) is 4.79 Å². The molecule has 0 spiro atoms. The van der Waals surface area contributed by atoms with Crippen LogP contribution in [0.15, 0.2) is 12.1 Å². The van der Waals surface area contributed by atoms with E-state index in [1.165, 1.54) is 0 Å². The molecule has 0 saturated heterocycles. The number of nitrogens with zero attached hydrogens (tertiary/aromatic N) is 2. The monoisotopic (exact) mass is 327 g/mol. The van der Waals surface area contributed by atoms with Gasteiger partial charge in [-0.25, -0.2) is 9.78 Å². The summed E-state index contributed by atoms with van der Waals surface area (Å²) >= 11 is 12.5. The average Bonchev–Trinajstić information content (AvgIpc) is 2.72. The summed E-state index contributed by atoms with van der Waals surface area (Å²) in [6.07, 6.45) is 0. The summed E-state index contributed by atoms with van der Waals surface area (Å²) in [6, 6.07) is 3.53. The normalized spacial score (nSPS) is 10.7. The molecule has 5 nitrogen and oxygen atoms in total. The second-order valence-corrected chi connectivity index (χ2v) is 5.26. The highest BCUT2D eigenvalue weighted by Crippen LogP contribution is 2.34. The van der Waals surface area contributed by atoms with Crippen LogP contribution in [0.25, 0.3) is 5.69 Å². The van der Waals surface area contributed by atoms with Crippen molar-refractivity contribution >= 4 is 35.0 Å². The van der Waals surface area contributed by atoms with Gasteiger partial charge in [0.2, 0.25) is 0 Å². The average molecular weight is 328 g/mol. The van der Waals surface area contributed by atoms with Gasteiger partial charge in [0.25, 0.3) is 0 Å². The lowest BCUT2D eigenvalue weighted by Crippen LogP contribution is -2.10. The van der Waals surface area contributed by atoms with Gasteiger partial charge in [0.05, 0.1) is 22.3 Å². The summed E-state index contributed by atoms with van der Waals surface area (Å²) in [4.78, 5) is 16.0. The van der Waals surface area contributed by atoms with Crippen molar-refractivity contribution in [2.45, 2.75) is 20.8 Å². The zero-order valence-corrected chi connectivity index (χ0v) is 13.4. The van der Waals surface area contributed by atoms with E-state index in [1.54, 1.807) is 24.5 Å². The second kappa shape index (κ2) is 5.95. The summed E-state index contributed by atoms with van der Waals surface area (Å²) in [5, 5.41) is 0.887. The lowest BCUT2D eigenvalue weighted by atomic mass is 10.2. The van der Waals surface area contributed by atoms with Crippen LogP contribution in [-0.4, -0.2) is 22.1 Å². The maximum absolute atomic E-state index is 11.9. The fraction of sp³-hybridized carbons (Fsp3) is 0.286. The maximum Gasteiger partial charge on any atom is 0.360 e. The molecule has 0 amide bonds. The molecule has 0 aliphatic heterocycles. The Hall–Kier alpha value is -1.72. The van der Waals surface area contributed by atoms with E-state index in [2.05, 4.69) is 4.98 Å². The third-order valence-corrected chi connectivity index (χ3v) is 3.82. The first-order chi connectivity index (χ1) is 9.88. The number of hydrogen-bond acceptors (Lipinski definition) is 4. The van der Waals surface area contributed by atoms with Crippen LogP contribution in [-0.2, 0) is 4.74 Å². The number of esters is 1. The van der Waals surface area contributed by atoms with Crippen molar-refractivity contribution < 1.29 is 9.53 Å². The number of rotatable bonds is 3. The molecular formula is C14H15Cl2N3O2. The molecule has 0 saturated carbocycles. The molecule has 0 aliphatic rings. The molecule has 2 N–H and O–H groups in total. The summed E-state index contributed by atoms with van der Waals surface area (Å²) in [5.74, 6) is 0.0852. The van der Waals surface area contributed by atoms with Gasteiger partial charge in [-0.15, -0.1) is 0 Å². The van der Waals surface area contributed by atoms with Crippen LogP contribution in [0, 0.1) is 13.8 Å². The van der Waals surface area contributed by atoms with Gasteiger partial charge in [0.1, 0.15) is 11.6 Å². The SMILES string of the molecule is CCOC(=O)c1nc(C)n(-c2c(Cl)ccc(C)c2Cl)c1N. The van der Waals surface area contributed by atoms with Crippen LogP contribution in [0.2, 0.25) is 10.0 Å². The maximum atomic E-state index is 11.9. The Balaban J connectivity index is 2.67. The Kier molecular flexibility index (Phi) is 4.44. The highest BCUT2D eigenvalue weighted by atomic mass is 35.5. The molecule has 0 fully saturated rings. The number of hydrogen-bond donors (Lipinski definition) is 1. The minimum Gasteiger partial charge on any atom is -0.461 e. The molecule has 21 heavy (non-hydrogen) atoms. The molecule has 0 unspecified atom stereocenters. The van der Waals surface area contributed by atoms with Gasteiger partial charge in [-0.3, -0.25) is 4.57 Å². The van der Waals surface area contributed by atoms with Gasteiger partial charge >= 0.3 is 5.97 Å². The Morgan fingerprint density at radius 1 is 1.38 bits per heavy atom. The van der Waals surface area contributed by atoms with Gasteiger partial charge in [0.15, 0.2) is 5.69 Å². The molecule has 1 aromatic carbocycles. The predicted octanol–water partition coefficient (Wildman–Crippen LogP) is 3.55. The highest BCUT2D eigenvalue weighted by Gasteiger charge is 2.23. The second-order valence-electron chi connectivity index (χ2n) is 4.48. The quantitative estimate of drug-likeness (QED) is 0.875. The van der Waals surface area contributed by atoms with Crippen molar-refractivity contribution in [2.24, 2.45) is 0 Å². The van der Waals surface area contributed by atoms with Crippen molar-refractivity contribution in [1.82, 2.24) is 9.55 Å². The molecule has 2 rings (SSSR count). The number of aromatic nitrogens is 2. The first-order valence-corrected chi connectivity index (χ1v) is 7.11. The number of imidazole rings is 1. The molecule has 7 heteroatoms. The Bertz CT molecular complexity index is 711. The number of anilines is 1. The Morgan fingerprint density at radius 2 is 2.05 bits per heavy atom. The fourth-order valence-electron chi connectivity index (χ4n) is 2.03. The zero-order chi connectivity index (χ0) is 15.7. The molecule has 0 radical (unpaired) electrons. The standard InChI is InChI=1S/C14H15Cl2N3O2/c1-4-21-14(20)11-13(17)19(8(3)18-11)12-9(15)6-5-7(2)10(12)16/h5-6H,4,17H2,1-3H3. The van der Waals surface area contributed by atoms with E-state index in [-0.39, 0.29) is 18.1 Å². The minimum atomic E-state index is -0.572. The van der Waals surface area contributed by atoms with Gasteiger partial charge in [0, 0.05) is 0 Å². The van der Waals surface area contributed by atoms with Crippen molar-refractivity contribution in [2.75, 3.05) is 12.3 Å². The summed E-state index contributed by atoms with van der Waals surface area (Å²) in [5.41, 5.74) is 7.45. The molecule has 0 aliphatic carbocycles. The number of ether oxygens (including phenoxy) is 1. The van der Waals surface area contributed by atoms with Crippen molar-refractivity contribution in [3.63, 3.8) is 0 Å². The van der Waals surface area contributed by atoms with Crippen LogP contribution < -0.4 is 5.73 Å². The number of nitrogens with two attached hydrogens (primary N) is 1. The molecule has 0 bridgehead atoms. The molecule has 0 atom stereocenters. The lowest BCUT2D eigenvalue weighted by Gasteiger charge is -2.13. The topological polar surface area (TPSA) is 70.1 Å². The number of carbonyl (C=O) groups is 1. The van der Waals surface area contributed by atoms with E-state index >= 15 is 0 Å². The van der Waals surface area contributed by atoms with Gasteiger partial charge in [-0.05, 0) is 32.4 Å². The number of carbonyl (C=O) groups excluding carboxylic acids is 1. The molecule has 2 aromatic rings. The van der Waals surface area contributed by atoms with Crippen LogP contribution in [0.1, 0.15) is 28.8 Å². The highest BCUT2D eigenvalue weighted by molar-refractivity contribution is 6.38. The first-order valence-electron chi connectivity index (χ1n) is 6.35. The van der Waals surface area contributed by atoms with Gasteiger partial charge in [-0.1, -0.05) is 29.3 Å². The van der Waals surface area contributed by atoms with Gasteiger partial charge < -0.3 is 10.5 Å². The van der Waals surface area contributed by atoms with Crippen molar-refractivity contribution in [1.29, 1.82) is 0 Å². The fourth-order valence-corrected chi connectivity index (χ4v) is 2.57. The van der Waals surface area contributed by atoms with Gasteiger partial charge in [-0.2, -0.15) is 0 Å². The third kappa shape index (κ3) is 2.71. The first kappa shape index (κ1) is 15.7. The van der Waals surface area contributed by atoms with Crippen LogP contribution in [0.3, 0.4) is 0 Å². The van der Waals surface area contributed by atoms with E-state index in [4.69, 9.17) is 33.7 Å². The zero-order valence-electron chi connectivity index (χ0n) is 11.9. The minimum absolute atomic E-state index is 0.0583. The van der Waals surface area contributed by atoms with E-state index < -0.39 is 5.97 Å². The third-order valence-electron chi connectivity index (χ3n) is 3.03. The predicted molar refractivity (Wildman–Crippen MR) is 83.4 cm³/mol. The Morgan fingerprint density at radius 3 is 2.67 bits per heavy atom. The number of nitrogen functional groups attached to an aromatic ring is 1. The van der Waals surface area contributed by atoms with E-state index in [0.717, 1.165) is 5.56 Å². The van der Waals surface area contributed by atoms with E-state index in [0.29, 0.717) is 21.6 Å². The summed E-state index contributed by atoms with van der Waals surface area (Å²) in [6.45, 7) is 5.54. The number of aryl methyl sites for hydroxylation is 2. The molecular weight excluding hydrogens is 313 g/mol. The van der Waals surface area contributed by atoms with Crippen LogP contribution >= 0.6 is 23.2 Å². The Labute approximate surface area is 132 Å². The number of benzene rings is 1. The van der Waals surface area contributed by atoms with Crippen LogP contribution in [0.4, 0.5) is 5.82 Å². The summed E-state index contributed by atoms with van der Waals surface area (Å²) < 4.78 is 6.50. The molecule has 112 valence electrons.